The van der Waals surface area contributed by atoms with Crippen LogP contribution in [0.5, 0.6) is 0 Å². The Labute approximate surface area is 87.5 Å². The molecule has 1 aromatic carbocycles. The first-order valence-corrected chi connectivity index (χ1v) is 4.93. The van der Waals surface area contributed by atoms with Crippen molar-refractivity contribution >= 4 is 22.5 Å². The Morgan fingerprint density at radius 1 is 1.50 bits per heavy atom. The van der Waals surface area contributed by atoms with Gasteiger partial charge in [0.15, 0.2) is 0 Å². The minimum absolute atomic E-state index is 0.586. The van der Waals surface area contributed by atoms with E-state index in [0.29, 0.717) is 6.54 Å². The number of aromatic nitrogens is 2. The minimum atomic E-state index is 0.586. The van der Waals surface area contributed by atoms with Crippen molar-refractivity contribution < 1.29 is 0 Å². The van der Waals surface area contributed by atoms with E-state index in [0.717, 1.165) is 28.2 Å². The zero-order valence-electron chi connectivity index (χ0n) is 8.00. The summed E-state index contributed by atoms with van der Waals surface area (Å²) in [5.74, 6) is 0. The van der Waals surface area contributed by atoms with Crippen molar-refractivity contribution in [3.8, 4) is 0 Å². The van der Waals surface area contributed by atoms with Gasteiger partial charge in [0, 0.05) is 17.0 Å². The van der Waals surface area contributed by atoms with Crippen LogP contribution in [-0.2, 0) is 6.54 Å². The summed E-state index contributed by atoms with van der Waals surface area (Å²) in [5.41, 5.74) is 7.58. The molecule has 4 heteroatoms. The number of hydrogen-bond acceptors (Lipinski definition) is 2. The molecule has 1 aromatic heterocycles. The first-order chi connectivity index (χ1) is 6.72. The van der Waals surface area contributed by atoms with Crippen molar-refractivity contribution in [3.63, 3.8) is 0 Å². The molecular weight excluding hydrogens is 198 g/mol. The Morgan fingerprint density at radius 3 is 3.00 bits per heavy atom. The second-order valence-corrected chi connectivity index (χ2v) is 3.70. The number of halogens is 1. The number of aryl methyl sites for hydroxylation is 1. The van der Waals surface area contributed by atoms with Crippen LogP contribution in [0.2, 0.25) is 5.02 Å². The van der Waals surface area contributed by atoms with Crippen LogP contribution >= 0.6 is 11.6 Å². The molecule has 1 heterocycles. The number of benzene rings is 1. The Morgan fingerprint density at radius 2 is 2.29 bits per heavy atom. The Kier molecular flexibility index (Phi) is 2.44. The largest absolute Gasteiger partial charge is 0.329 e. The van der Waals surface area contributed by atoms with Crippen LogP contribution in [0.3, 0.4) is 0 Å². The summed E-state index contributed by atoms with van der Waals surface area (Å²) >= 11 is 5.93. The van der Waals surface area contributed by atoms with Crippen molar-refractivity contribution in [2.24, 2.45) is 5.73 Å². The summed E-state index contributed by atoms with van der Waals surface area (Å²) < 4.78 is 1.90. The summed E-state index contributed by atoms with van der Waals surface area (Å²) in [5, 5.41) is 6.27. The van der Waals surface area contributed by atoms with E-state index in [4.69, 9.17) is 17.3 Å². The lowest BCUT2D eigenvalue weighted by molar-refractivity contribution is 0.640. The van der Waals surface area contributed by atoms with E-state index in [-0.39, 0.29) is 0 Å². The van der Waals surface area contributed by atoms with Gasteiger partial charge in [0.05, 0.1) is 17.8 Å². The molecule has 3 nitrogen and oxygen atoms in total. The monoisotopic (exact) mass is 209 g/mol. The standard InChI is InChI=1S/C10H12ClN3/c1-7-9-3-2-8(11)6-10(9)14(13-7)5-4-12/h2-3,6H,4-5,12H2,1H3. The van der Waals surface area contributed by atoms with Gasteiger partial charge in [0.1, 0.15) is 0 Å². The lowest BCUT2D eigenvalue weighted by atomic mass is 10.2. The first-order valence-electron chi connectivity index (χ1n) is 4.55. The lowest BCUT2D eigenvalue weighted by Crippen LogP contribution is -2.10. The average Bonchev–Trinajstić information content (AvgIpc) is 2.44. The number of fused-ring (bicyclic) bond motifs is 1. The highest BCUT2D eigenvalue weighted by molar-refractivity contribution is 6.31. The molecule has 0 aliphatic heterocycles. The second kappa shape index (κ2) is 3.59. The van der Waals surface area contributed by atoms with Gasteiger partial charge in [-0.3, -0.25) is 4.68 Å². The molecule has 0 aliphatic carbocycles. The quantitative estimate of drug-likeness (QED) is 0.822. The van der Waals surface area contributed by atoms with E-state index in [2.05, 4.69) is 5.10 Å². The van der Waals surface area contributed by atoms with Crippen molar-refractivity contribution in [2.75, 3.05) is 6.54 Å². The molecule has 0 fully saturated rings. The molecule has 0 atom stereocenters. The van der Waals surface area contributed by atoms with Crippen LogP contribution in [0.25, 0.3) is 10.9 Å². The van der Waals surface area contributed by atoms with Crippen LogP contribution < -0.4 is 5.73 Å². The number of rotatable bonds is 2. The molecule has 0 spiro atoms. The maximum Gasteiger partial charge on any atom is 0.0700 e. The molecule has 74 valence electrons. The van der Waals surface area contributed by atoms with Gasteiger partial charge >= 0.3 is 0 Å². The third kappa shape index (κ3) is 1.49. The van der Waals surface area contributed by atoms with Gasteiger partial charge in [-0.2, -0.15) is 5.10 Å². The Balaban J connectivity index is 2.66. The summed E-state index contributed by atoms with van der Waals surface area (Å²) in [6.07, 6.45) is 0. The van der Waals surface area contributed by atoms with E-state index >= 15 is 0 Å². The van der Waals surface area contributed by atoms with Gasteiger partial charge in [-0.25, -0.2) is 0 Å². The van der Waals surface area contributed by atoms with Crippen molar-refractivity contribution in [1.29, 1.82) is 0 Å². The minimum Gasteiger partial charge on any atom is -0.329 e. The highest BCUT2D eigenvalue weighted by Gasteiger charge is 2.06. The fourth-order valence-corrected chi connectivity index (χ4v) is 1.77. The van der Waals surface area contributed by atoms with E-state index < -0.39 is 0 Å². The van der Waals surface area contributed by atoms with Crippen molar-refractivity contribution in [3.05, 3.63) is 28.9 Å². The Hall–Kier alpha value is -1.06. The predicted octanol–water partition coefficient (Wildman–Crippen LogP) is 1.96. The van der Waals surface area contributed by atoms with Crippen LogP contribution in [0.15, 0.2) is 18.2 Å². The van der Waals surface area contributed by atoms with Gasteiger partial charge in [-0.15, -0.1) is 0 Å². The highest BCUT2D eigenvalue weighted by atomic mass is 35.5. The molecular formula is C10H12ClN3. The fourth-order valence-electron chi connectivity index (χ4n) is 1.61. The summed E-state index contributed by atoms with van der Waals surface area (Å²) in [4.78, 5) is 0. The third-order valence-electron chi connectivity index (χ3n) is 2.24. The third-order valence-corrected chi connectivity index (χ3v) is 2.47. The van der Waals surface area contributed by atoms with Crippen molar-refractivity contribution in [1.82, 2.24) is 9.78 Å². The van der Waals surface area contributed by atoms with Crippen LogP contribution in [0, 0.1) is 6.92 Å². The van der Waals surface area contributed by atoms with E-state index in [9.17, 15) is 0 Å². The summed E-state index contributed by atoms with van der Waals surface area (Å²) in [7, 11) is 0. The molecule has 0 amide bonds. The smallest absolute Gasteiger partial charge is 0.0700 e. The van der Waals surface area contributed by atoms with Crippen molar-refractivity contribution in [2.45, 2.75) is 13.5 Å². The topological polar surface area (TPSA) is 43.8 Å². The van der Waals surface area contributed by atoms with Gasteiger partial charge in [-0.1, -0.05) is 11.6 Å². The van der Waals surface area contributed by atoms with Gasteiger partial charge < -0.3 is 5.73 Å². The SMILES string of the molecule is Cc1nn(CCN)c2cc(Cl)ccc12. The first kappa shape index (κ1) is 9.49. The predicted molar refractivity (Wildman–Crippen MR) is 58.5 cm³/mol. The Bertz CT molecular complexity index is 462. The zero-order chi connectivity index (χ0) is 10.1. The molecule has 0 radical (unpaired) electrons. The molecule has 0 bridgehead atoms. The highest BCUT2D eigenvalue weighted by Crippen LogP contribution is 2.21. The molecule has 0 saturated carbocycles. The van der Waals surface area contributed by atoms with Crippen LogP contribution in [-0.4, -0.2) is 16.3 Å². The van der Waals surface area contributed by atoms with Gasteiger partial charge in [-0.05, 0) is 25.1 Å². The lowest BCUT2D eigenvalue weighted by Gasteiger charge is -2.00. The number of nitrogens with zero attached hydrogens (tertiary/aromatic N) is 2. The van der Waals surface area contributed by atoms with Gasteiger partial charge in [0.25, 0.3) is 0 Å². The van der Waals surface area contributed by atoms with Crippen LogP contribution in [0.4, 0.5) is 0 Å². The fraction of sp³-hybridized carbons (Fsp3) is 0.300. The van der Waals surface area contributed by atoms with E-state index in [1.165, 1.54) is 0 Å². The summed E-state index contributed by atoms with van der Waals surface area (Å²) in [6, 6.07) is 5.80. The normalized spacial score (nSPS) is 11.1. The molecule has 2 N–H and O–H groups in total. The number of hydrogen-bond donors (Lipinski definition) is 1. The van der Waals surface area contributed by atoms with Gasteiger partial charge in [0.2, 0.25) is 0 Å². The maximum absolute atomic E-state index is 5.93. The molecule has 2 rings (SSSR count). The maximum atomic E-state index is 5.93. The molecule has 14 heavy (non-hydrogen) atoms. The molecule has 2 aromatic rings. The molecule has 0 unspecified atom stereocenters. The zero-order valence-corrected chi connectivity index (χ0v) is 8.75. The molecule has 0 saturated heterocycles. The average molecular weight is 210 g/mol. The number of nitrogens with two attached hydrogens (primary N) is 1. The van der Waals surface area contributed by atoms with E-state index in [1.54, 1.807) is 0 Å². The molecule has 0 aliphatic rings. The van der Waals surface area contributed by atoms with Crippen LogP contribution in [0.1, 0.15) is 5.69 Å². The van der Waals surface area contributed by atoms with E-state index in [1.807, 2.05) is 29.8 Å². The summed E-state index contributed by atoms with van der Waals surface area (Å²) in [6.45, 7) is 3.30. The second-order valence-electron chi connectivity index (χ2n) is 3.26.